The van der Waals surface area contributed by atoms with Crippen LogP contribution >= 0.6 is 0 Å². The van der Waals surface area contributed by atoms with Gasteiger partial charge in [-0.25, -0.2) is 4.79 Å². The first-order chi connectivity index (χ1) is 3.89. The van der Waals surface area contributed by atoms with Crippen molar-refractivity contribution in [1.82, 2.24) is 0 Å². The second kappa shape index (κ2) is 2.31. The lowest BCUT2D eigenvalue weighted by atomic mass is 10.4. The average molecular weight is 110 g/mol. The van der Waals surface area contributed by atoms with Gasteiger partial charge in [0.1, 0.15) is 0 Å². The second-order valence-electron chi connectivity index (χ2n) is 1.45. The second-order valence-corrected chi connectivity index (χ2v) is 1.45. The molecule has 0 spiro atoms. The van der Waals surface area contributed by atoms with Gasteiger partial charge in [0, 0.05) is 6.08 Å². The topological polar surface area (TPSA) is 26.3 Å². The van der Waals surface area contributed by atoms with Gasteiger partial charge in [-0.1, -0.05) is 6.08 Å². The Labute approximate surface area is 47.5 Å². The minimum absolute atomic E-state index is 0.293. The fourth-order valence-corrected chi connectivity index (χ4v) is 0.453. The molecule has 0 aromatic carbocycles. The van der Waals surface area contributed by atoms with Gasteiger partial charge >= 0.3 is 5.97 Å². The first-order valence-electron chi connectivity index (χ1n) is 2.42. The third-order valence-corrected chi connectivity index (χ3v) is 0.807. The summed E-state index contributed by atoms with van der Waals surface area (Å²) >= 11 is 0. The number of ether oxygens (including phenoxy) is 1. The predicted octanol–water partition coefficient (Wildman–Crippen LogP) is 1.00. The molecular formula is C6H6O2. The molecule has 1 rings (SSSR count). The van der Waals surface area contributed by atoms with Gasteiger partial charge in [-0.2, -0.15) is 0 Å². The Hall–Kier alpha value is -1.05. The molecule has 0 N–H and O–H groups in total. The molecule has 2 heteroatoms. The Balaban J connectivity index is 2.61. The van der Waals surface area contributed by atoms with E-state index in [1.165, 1.54) is 12.3 Å². The van der Waals surface area contributed by atoms with E-state index in [2.05, 4.69) is 4.74 Å². The molecule has 0 atom stereocenters. The van der Waals surface area contributed by atoms with E-state index < -0.39 is 0 Å². The Bertz CT molecular complexity index is 145. The van der Waals surface area contributed by atoms with Crippen LogP contribution < -0.4 is 0 Å². The van der Waals surface area contributed by atoms with Crippen molar-refractivity contribution < 1.29 is 9.53 Å². The summed E-state index contributed by atoms with van der Waals surface area (Å²) in [6, 6.07) is 0. The highest BCUT2D eigenvalue weighted by molar-refractivity contribution is 5.82. The summed E-state index contributed by atoms with van der Waals surface area (Å²) in [4.78, 5) is 10.3. The molecule has 0 bridgehead atoms. The van der Waals surface area contributed by atoms with Crippen LogP contribution in [-0.4, -0.2) is 5.97 Å². The maximum Gasteiger partial charge on any atom is 0.335 e. The van der Waals surface area contributed by atoms with Crippen molar-refractivity contribution in [2.24, 2.45) is 0 Å². The molecule has 0 amide bonds. The minimum atomic E-state index is -0.293. The average Bonchev–Trinajstić information content (AvgIpc) is 1.94. The molecule has 1 aliphatic heterocycles. The number of hydrogen-bond acceptors (Lipinski definition) is 2. The largest absolute Gasteiger partial charge is 0.432 e. The third-order valence-electron chi connectivity index (χ3n) is 0.807. The van der Waals surface area contributed by atoms with Crippen LogP contribution in [0.5, 0.6) is 0 Å². The van der Waals surface area contributed by atoms with E-state index in [0.717, 1.165) is 6.42 Å². The van der Waals surface area contributed by atoms with Crippen LogP contribution in [0.4, 0.5) is 0 Å². The monoisotopic (exact) mass is 110 g/mol. The Morgan fingerprint density at radius 1 is 1.50 bits per heavy atom. The van der Waals surface area contributed by atoms with E-state index in [4.69, 9.17) is 0 Å². The summed E-state index contributed by atoms with van der Waals surface area (Å²) < 4.78 is 4.50. The first-order valence-corrected chi connectivity index (χ1v) is 2.42. The number of rotatable bonds is 0. The molecule has 1 heterocycles. The van der Waals surface area contributed by atoms with E-state index in [1.54, 1.807) is 12.2 Å². The molecular weight excluding hydrogens is 104 g/mol. The Morgan fingerprint density at radius 3 is 3.25 bits per heavy atom. The SMILES string of the molecule is O=C1C=CCC=CO1. The van der Waals surface area contributed by atoms with Gasteiger partial charge in [0.25, 0.3) is 0 Å². The zero-order chi connectivity index (χ0) is 5.82. The molecule has 0 radical (unpaired) electrons. The van der Waals surface area contributed by atoms with Gasteiger partial charge in [0.2, 0.25) is 0 Å². The highest BCUT2D eigenvalue weighted by Gasteiger charge is 1.92. The summed E-state index contributed by atoms with van der Waals surface area (Å²) in [5.41, 5.74) is 0. The molecule has 8 heavy (non-hydrogen) atoms. The number of carbonyl (C=O) groups is 1. The normalized spacial score (nSPS) is 17.8. The van der Waals surface area contributed by atoms with Crippen molar-refractivity contribution in [2.75, 3.05) is 0 Å². The summed E-state index contributed by atoms with van der Waals surface area (Å²) in [5, 5.41) is 0. The zero-order valence-electron chi connectivity index (χ0n) is 4.33. The summed E-state index contributed by atoms with van der Waals surface area (Å²) in [7, 11) is 0. The molecule has 0 aliphatic carbocycles. The molecule has 0 aromatic heterocycles. The van der Waals surface area contributed by atoms with Gasteiger partial charge in [-0.15, -0.1) is 0 Å². The highest BCUT2D eigenvalue weighted by Crippen LogP contribution is 1.94. The predicted molar refractivity (Wildman–Crippen MR) is 29.0 cm³/mol. The molecule has 0 fully saturated rings. The van der Waals surface area contributed by atoms with Gasteiger partial charge < -0.3 is 4.74 Å². The van der Waals surface area contributed by atoms with Crippen molar-refractivity contribution in [3.8, 4) is 0 Å². The maximum atomic E-state index is 10.3. The fourth-order valence-electron chi connectivity index (χ4n) is 0.453. The summed E-state index contributed by atoms with van der Waals surface area (Å²) in [6.07, 6.45) is 7.14. The van der Waals surface area contributed by atoms with Gasteiger partial charge in [0.15, 0.2) is 0 Å². The summed E-state index contributed by atoms with van der Waals surface area (Å²) in [6.45, 7) is 0. The van der Waals surface area contributed by atoms with Crippen molar-refractivity contribution in [3.05, 3.63) is 24.5 Å². The molecule has 2 nitrogen and oxygen atoms in total. The molecule has 1 aliphatic rings. The van der Waals surface area contributed by atoms with E-state index in [-0.39, 0.29) is 5.97 Å². The van der Waals surface area contributed by atoms with Crippen molar-refractivity contribution >= 4 is 5.97 Å². The molecule has 0 aromatic rings. The molecule has 0 unspecified atom stereocenters. The number of hydrogen-bond donors (Lipinski definition) is 0. The van der Waals surface area contributed by atoms with Crippen molar-refractivity contribution in [2.45, 2.75) is 6.42 Å². The standard InChI is InChI=1S/C6H6O2/c7-6-4-2-1-3-5-8-6/h2-5H,1H2. The lowest BCUT2D eigenvalue weighted by molar-refractivity contribution is -0.132. The number of esters is 1. The smallest absolute Gasteiger partial charge is 0.335 e. The van der Waals surface area contributed by atoms with Gasteiger partial charge in [-0.3, -0.25) is 0 Å². The van der Waals surface area contributed by atoms with Gasteiger partial charge in [0.05, 0.1) is 6.26 Å². The fraction of sp³-hybridized carbons (Fsp3) is 0.167. The van der Waals surface area contributed by atoms with Crippen LogP contribution in [-0.2, 0) is 9.53 Å². The van der Waals surface area contributed by atoms with E-state index >= 15 is 0 Å². The number of carbonyl (C=O) groups excluding carboxylic acids is 1. The zero-order valence-corrected chi connectivity index (χ0v) is 4.33. The van der Waals surface area contributed by atoms with Crippen molar-refractivity contribution in [1.29, 1.82) is 0 Å². The summed E-state index contributed by atoms with van der Waals surface area (Å²) in [5.74, 6) is -0.293. The Morgan fingerprint density at radius 2 is 2.38 bits per heavy atom. The lowest BCUT2D eigenvalue weighted by Gasteiger charge is -1.84. The molecule has 42 valence electrons. The van der Waals surface area contributed by atoms with E-state index in [9.17, 15) is 4.79 Å². The number of allylic oxidation sites excluding steroid dienone is 2. The first kappa shape index (κ1) is 5.09. The number of cyclic esters (lactones) is 1. The van der Waals surface area contributed by atoms with E-state index in [1.807, 2.05) is 0 Å². The van der Waals surface area contributed by atoms with Crippen molar-refractivity contribution in [3.63, 3.8) is 0 Å². The van der Waals surface area contributed by atoms with Crippen LogP contribution in [0.1, 0.15) is 6.42 Å². The van der Waals surface area contributed by atoms with Crippen LogP contribution in [0.25, 0.3) is 0 Å². The van der Waals surface area contributed by atoms with Crippen LogP contribution in [0.3, 0.4) is 0 Å². The minimum Gasteiger partial charge on any atom is -0.432 e. The maximum absolute atomic E-state index is 10.3. The van der Waals surface area contributed by atoms with Crippen LogP contribution in [0.15, 0.2) is 24.5 Å². The molecule has 0 saturated carbocycles. The van der Waals surface area contributed by atoms with Gasteiger partial charge in [-0.05, 0) is 12.5 Å². The lowest BCUT2D eigenvalue weighted by Crippen LogP contribution is -1.90. The van der Waals surface area contributed by atoms with Crippen LogP contribution in [0, 0.1) is 0 Å². The Kier molecular flexibility index (Phi) is 1.47. The molecule has 0 saturated heterocycles. The van der Waals surface area contributed by atoms with E-state index in [0.29, 0.717) is 0 Å². The third kappa shape index (κ3) is 1.22. The quantitative estimate of drug-likeness (QED) is 0.435. The van der Waals surface area contributed by atoms with Crippen LogP contribution in [0.2, 0.25) is 0 Å². The highest BCUT2D eigenvalue weighted by atomic mass is 16.5.